The number of piperazine rings is 1. The lowest BCUT2D eigenvalue weighted by molar-refractivity contribution is -0.121. The third kappa shape index (κ3) is 3.13. The van der Waals surface area contributed by atoms with E-state index in [0.29, 0.717) is 17.9 Å². The van der Waals surface area contributed by atoms with Crippen molar-refractivity contribution in [3.63, 3.8) is 0 Å². The fourth-order valence-electron chi connectivity index (χ4n) is 3.59. The van der Waals surface area contributed by atoms with Crippen LogP contribution >= 0.6 is 0 Å². The average molecular weight is 377 g/mol. The van der Waals surface area contributed by atoms with Gasteiger partial charge in [-0.25, -0.2) is 9.50 Å². The van der Waals surface area contributed by atoms with Crippen LogP contribution in [0.25, 0.3) is 5.65 Å². The third-order valence-electron chi connectivity index (χ3n) is 5.14. The van der Waals surface area contributed by atoms with E-state index in [1.165, 1.54) is 0 Å². The van der Waals surface area contributed by atoms with Crippen LogP contribution in [0.15, 0.2) is 36.4 Å². The number of hydrogen-bond acceptors (Lipinski definition) is 4. The van der Waals surface area contributed by atoms with Crippen LogP contribution < -0.4 is 4.90 Å². The van der Waals surface area contributed by atoms with Crippen molar-refractivity contribution in [3.8, 4) is 0 Å². The summed E-state index contributed by atoms with van der Waals surface area (Å²) in [5, 5.41) is 4.37. The molecule has 0 N–H and O–H groups in total. The maximum Gasteiger partial charge on any atom is 0.273 e. The summed E-state index contributed by atoms with van der Waals surface area (Å²) >= 11 is 0. The van der Waals surface area contributed by atoms with Crippen LogP contribution in [-0.2, 0) is 4.79 Å². The van der Waals surface area contributed by atoms with E-state index in [-0.39, 0.29) is 24.4 Å². The molecule has 3 aromatic rings. The van der Waals surface area contributed by atoms with Gasteiger partial charge in [-0.1, -0.05) is 17.7 Å². The minimum absolute atomic E-state index is 0.0398. The molecule has 1 saturated heterocycles. The van der Waals surface area contributed by atoms with Gasteiger partial charge in [-0.15, -0.1) is 0 Å². The van der Waals surface area contributed by atoms with Crippen molar-refractivity contribution in [3.05, 3.63) is 59.0 Å². The van der Waals surface area contributed by atoms with Gasteiger partial charge in [-0.2, -0.15) is 5.10 Å². The molecular weight excluding hydrogens is 354 g/mol. The Bertz CT molecular complexity index is 1070. The van der Waals surface area contributed by atoms with Gasteiger partial charge >= 0.3 is 0 Å². The molecule has 7 nitrogen and oxygen atoms in total. The average Bonchev–Trinajstić information content (AvgIpc) is 3.04. The molecule has 2 amide bonds. The fraction of sp³-hybridized carbons (Fsp3) is 0.333. The predicted molar refractivity (Wildman–Crippen MR) is 106 cm³/mol. The minimum atomic E-state index is -0.228. The first-order valence-electron chi connectivity index (χ1n) is 9.35. The van der Waals surface area contributed by atoms with Gasteiger partial charge in [0.25, 0.3) is 5.91 Å². The molecule has 28 heavy (non-hydrogen) atoms. The van der Waals surface area contributed by atoms with Gasteiger partial charge in [0.15, 0.2) is 5.65 Å². The van der Waals surface area contributed by atoms with Crippen LogP contribution in [0.4, 0.5) is 5.69 Å². The first-order chi connectivity index (χ1) is 13.3. The van der Waals surface area contributed by atoms with Gasteiger partial charge in [0.2, 0.25) is 5.91 Å². The van der Waals surface area contributed by atoms with Crippen LogP contribution in [-0.4, -0.2) is 50.4 Å². The second-order valence-electron chi connectivity index (χ2n) is 7.46. The summed E-state index contributed by atoms with van der Waals surface area (Å²) in [7, 11) is 0. The molecule has 0 radical (unpaired) electrons. The third-order valence-corrected chi connectivity index (χ3v) is 5.14. The van der Waals surface area contributed by atoms with Crippen molar-refractivity contribution < 1.29 is 9.59 Å². The Morgan fingerprint density at radius 2 is 1.82 bits per heavy atom. The SMILES string of the molecule is Cc1ccc(N2CC(C)N(C(=O)c3cc(C)n4nc(C)cc4n3)CC2=O)cc1. The van der Waals surface area contributed by atoms with E-state index in [1.54, 1.807) is 20.4 Å². The second kappa shape index (κ2) is 6.74. The molecule has 1 aromatic carbocycles. The molecule has 0 bridgehead atoms. The zero-order valence-electron chi connectivity index (χ0n) is 16.5. The van der Waals surface area contributed by atoms with Crippen molar-refractivity contribution in [1.82, 2.24) is 19.5 Å². The highest BCUT2D eigenvalue weighted by Gasteiger charge is 2.34. The summed E-state index contributed by atoms with van der Waals surface area (Å²) in [5.74, 6) is -0.317. The van der Waals surface area contributed by atoms with Crippen molar-refractivity contribution in [2.75, 3.05) is 18.0 Å². The van der Waals surface area contributed by atoms with Crippen LogP contribution in [0, 0.1) is 20.8 Å². The Labute approximate surface area is 163 Å². The van der Waals surface area contributed by atoms with E-state index in [9.17, 15) is 9.59 Å². The maximum absolute atomic E-state index is 13.1. The molecule has 4 rings (SSSR count). The molecule has 0 saturated carbocycles. The van der Waals surface area contributed by atoms with Gasteiger partial charge < -0.3 is 9.80 Å². The van der Waals surface area contributed by atoms with E-state index >= 15 is 0 Å². The molecular formula is C21H23N5O2. The molecule has 1 aliphatic heterocycles. The lowest BCUT2D eigenvalue weighted by Gasteiger charge is -2.39. The summed E-state index contributed by atoms with van der Waals surface area (Å²) in [5.41, 5.74) is 4.66. The Hall–Kier alpha value is -3.22. The number of aromatic nitrogens is 3. The monoisotopic (exact) mass is 377 g/mol. The number of carbonyl (C=O) groups excluding carboxylic acids is 2. The van der Waals surface area contributed by atoms with Crippen molar-refractivity contribution in [2.45, 2.75) is 33.7 Å². The number of carbonyl (C=O) groups is 2. The summed E-state index contributed by atoms with van der Waals surface area (Å²) < 4.78 is 1.72. The Balaban J connectivity index is 1.59. The molecule has 1 fully saturated rings. The lowest BCUT2D eigenvalue weighted by atomic mass is 10.1. The molecule has 144 valence electrons. The molecule has 7 heteroatoms. The predicted octanol–water partition coefficient (Wildman–Crippen LogP) is 2.53. The van der Waals surface area contributed by atoms with E-state index in [2.05, 4.69) is 10.1 Å². The fourth-order valence-corrected chi connectivity index (χ4v) is 3.59. The smallest absolute Gasteiger partial charge is 0.273 e. The molecule has 3 heterocycles. The van der Waals surface area contributed by atoms with Gasteiger partial charge in [-0.05, 0) is 45.9 Å². The van der Waals surface area contributed by atoms with Crippen LogP contribution in [0.3, 0.4) is 0 Å². The number of aryl methyl sites for hydroxylation is 3. The van der Waals surface area contributed by atoms with Crippen molar-refractivity contribution in [1.29, 1.82) is 0 Å². The number of rotatable bonds is 2. The summed E-state index contributed by atoms with van der Waals surface area (Å²) in [4.78, 5) is 33.7. The van der Waals surface area contributed by atoms with Gasteiger partial charge in [0.05, 0.1) is 5.69 Å². The molecule has 0 aliphatic carbocycles. The van der Waals surface area contributed by atoms with E-state index in [1.807, 2.05) is 58.0 Å². The first-order valence-corrected chi connectivity index (χ1v) is 9.35. The molecule has 1 unspecified atom stereocenters. The first kappa shape index (κ1) is 18.2. The highest BCUT2D eigenvalue weighted by molar-refractivity contribution is 6.01. The van der Waals surface area contributed by atoms with Gasteiger partial charge in [-0.3, -0.25) is 9.59 Å². The summed E-state index contributed by atoms with van der Waals surface area (Å²) in [6.07, 6.45) is 0. The van der Waals surface area contributed by atoms with Gasteiger partial charge in [0, 0.05) is 30.0 Å². The largest absolute Gasteiger partial charge is 0.323 e. The Morgan fingerprint density at radius 3 is 2.54 bits per heavy atom. The lowest BCUT2D eigenvalue weighted by Crippen LogP contribution is -2.57. The normalized spacial score (nSPS) is 17.4. The number of fused-ring (bicyclic) bond motifs is 1. The number of nitrogens with zero attached hydrogens (tertiary/aromatic N) is 5. The molecule has 2 aromatic heterocycles. The summed E-state index contributed by atoms with van der Waals surface area (Å²) in [6.45, 7) is 8.25. The number of anilines is 1. The van der Waals surface area contributed by atoms with Crippen LogP contribution in [0.2, 0.25) is 0 Å². The van der Waals surface area contributed by atoms with E-state index < -0.39 is 0 Å². The van der Waals surface area contributed by atoms with Gasteiger partial charge in [0.1, 0.15) is 12.2 Å². The Kier molecular flexibility index (Phi) is 4.37. The standard InChI is InChI=1S/C21H23N5O2/c1-13-5-7-17(8-6-13)25-11-16(4)24(12-20(25)27)21(28)18-10-15(3)26-19(22-18)9-14(2)23-26/h5-10,16H,11-12H2,1-4H3. The van der Waals surface area contributed by atoms with Crippen LogP contribution in [0.1, 0.15) is 34.4 Å². The van der Waals surface area contributed by atoms with E-state index in [4.69, 9.17) is 0 Å². The molecule has 0 spiro atoms. The maximum atomic E-state index is 13.1. The number of hydrogen-bond donors (Lipinski definition) is 0. The highest BCUT2D eigenvalue weighted by Crippen LogP contribution is 2.22. The van der Waals surface area contributed by atoms with Crippen LogP contribution in [0.5, 0.6) is 0 Å². The highest BCUT2D eigenvalue weighted by atomic mass is 16.2. The topological polar surface area (TPSA) is 70.8 Å². The second-order valence-corrected chi connectivity index (χ2v) is 7.46. The quantitative estimate of drug-likeness (QED) is 0.688. The number of benzene rings is 1. The number of amides is 2. The van der Waals surface area contributed by atoms with Crippen molar-refractivity contribution >= 4 is 23.1 Å². The Morgan fingerprint density at radius 1 is 1.11 bits per heavy atom. The molecule has 1 atom stereocenters. The van der Waals surface area contributed by atoms with E-state index in [0.717, 1.165) is 22.6 Å². The minimum Gasteiger partial charge on any atom is -0.323 e. The summed E-state index contributed by atoms with van der Waals surface area (Å²) in [6, 6.07) is 11.3. The van der Waals surface area contributed by atoms with Crippen molar-refractivity contribution in [2.24, 2.45) is 0 Å². The molecule has 1 aliphatic rings. The zero-order valence-corrected chi connectivity index (χ0v) is 16.5. The zero-order chi connectivity index (χ0) is 20.0.